The molecule has 1 aliphatic heterocycles. The summed E-state index contributed by atoms with van der Waals surface area (Å²) in [7, 11) is 0. The van der Waals surface area contributed by atoms with Crippen LogP contribution in [0, 0.1) is 12.8 Å². The monoisotopic (exact) mass is 350 g/mol. The Kier molecular flexibility index (Phi) is 6.58. The fraction of sp³-hybridized carbons (Fsp3) is 0.722. The summed E-state index contributed by atoms with van der Waals surface area (Å²) in [6.45, 7) is 13.3. The molecule has 7 nitrogen and oxygen atoms in total. The fourth-order valence-electron chi connectivity index (χ4n) is 3.16. The first-order chi connectivity index (χ1) is 11.8. The van der Waals surface area contributed by atoms with Crippen LogP contribution in [0.5, 0.6) is 0 Å². The van der Waals surface area contributed by atoms with Gasteiger partial charge in [-0.15, -0.1) is 0 Å². The highest BCUT2D eigenvalue weighted by Crippen LogP contribution is 2.17. The number of piperazine rings is 1. The average Bonchev–Trinajstić information content (AvgIpc) is 2.92. The van der Waals surface area contributed by atoms with Crippen molar-refractivity contribution >= 4 is 11.8 Å². The van der Waals surface area contributed by atoms with E-state index < -0.39 is 6.04 Å². The van der Waals surface area contributed by atoms with E-state index in [1.54, 1.807) is 22.6 Å². The van der Waals surface area contributed by atoms with Gasteiger partial charge in [0.15, 0.2) is 0 Å². The highest BCUT2D eigenvalue weighted by Gasteiger charge is 2.35. The smallest absolute Gasteiger partial charge is 0.272 e. The molecule has 1 saturated heterocycles. The lowest BCUT2D eigenvalue weighted by molar-refractivity contribution is -0.140. The predicted octanol–water partition coefficient (Wildman–Crippen LogP) is 1.56. The van der Waals surface area contributed by atoms with Crippen LogP contribution in [-0.2, 0) is 16.1 Å². The molecule has 2 heterocycles. The van der Waals surface area contributed by atoms with Crippen LogP contribution in [0.1, 0.15) is 43.9 Å². The lowest BCUT2D eigenvalue weighted by Crippen LogP contribution is -2.58. The fourth-order valence-corrected chi connectivity index (χ4v) is 3.16. The van der Waals surface area contributed by atoms with Crippen LogP contribution in [0.15, 0.2) is 6.07 Å². The van der Waals surface area contributed by atoms with Crippen LogP contribution in [0.2, 0.25) is 0 Å². The molecular formula is C18H30N4O3. The van der Waals surface area contributed by atoms with E-state index >= 15 is 0 Å². The van der Waals surface area contributed by atoms with Crippen molar-refractivity contribution < 1.29 is 14.3 Å². The summed E-state index contributed by atoms with van der Waals surface area (Å²) in [5, 5.41) is 4.39. The number of amides is 2. The second kappa shape index (κ2) is 8.47. The van der Waals surface area contributed by atoms with Crippen molar-refractivity contribution in [3.05, 3.63) is 17.5 Å². The quantitative estimate of drug-likeness (QED) is 0.700. The van der Waals surface area contributed by atoms with Crippen LogP contribution in [-0.4, -0.2) is 70.3 Å². The van der Waals surface area contributed by atoms with Crippen molar-refractivity contribution in [3.63, 3.8) is 0 Å². The topological polar surface area (TPSA) is 67.7 Å². The van der Waals surface area contributed by atoms with Gasteiger partial charge in [-0.1, -0.05) is 13.8 Å². The molecule has 140 valence electrons. The summed E-state index contributed by atoms with van der Waals surface area (Å²) in [4.78, 5) is 29.1. The molecule has 1 aromatic rings. The van der Waals surface area contributed by atoms with Gasteiger partial charge < -0.3 is 14.5 Å². The normalized spacial score (nSPS) is 18.3. The molecule has 25 heavy (non-hydrogen) atoms. The predicted molar refractivity (Wildman–Crippen MR) is 95.4 cm³/mol. The van der Waals surface area contributed by atoms with Gasteiger partial charge in [0.25, 0.3) is 5.91 Å². The number of ether oxygens (including phenoxy) is 1. The Morgan fingerprint density at radius 1 is 1.40 bits per heavy atom. The van der Waals surface area contributed by atoms with Crippen molar-refractivity contribution in [2.24, 2.45) is 5.92 Å². The molecule has 0 spiro atoms. The molecule has 2 amide bonds. The lowest BCUT2D eigenvalue weighted by Gasteiger charge is -2.39. The number of aryl methyl sites for hydroxylation is 1. The molecule has 1 atom stereocenters. The van der Waals surface area contributed by atoms with E-state index in [1.807, 2.05) is 18.7 Å². The summed E-state index contributed by atoms with van der Waals surface area (Å²) in [6, 6.07) is 1.34. The molecule has 2 rings (SSSR count). The van der Waals surface area contributed by atoms with Gasteiger partial charge in [-0.3, -0.25) is 14.3 Å². The Hall–Kier alpha value is -1.89. The van der Waals surface area contributed by atoms with E-state index in [4.69, 9.17) is 4.74 Å². The zero-order valence-electron chi connectivity index (χ0n) is 16.0. The molecule has 0 unspecified atom stereocenters. The van der Waals surface area contributed by atoms with Crippen molar-refractivity contribution in [3.8, 4) is 0 Å². The SMILES string of the molecule is CCOCCn1nc(C)cc1C(=O)N1CCN(CC(C)C)C(=O)[C@H]1C. The second-order valence-electron chi connectivity index (χ2n) is 6.94. The summed E-state index contributed by atoms with van der Waals surface area (Å²) >= 11 is 0. The minimum atomic E-state index is -0.449. The van der Waals surface area contributed by atoms with Crippen molar-refractivity contribution in [1.29, 1.82) is 0 Å². The number of carbonyl (C=O) groups excluding carboxylic acids is 2. The highest BCUT2D eigenvalue weighted by molar-refractivity contribution is 5.97. The van der Waals surface area contributed by atoms with Crippen LogP contribution in [0.4, 0.5) is 0 Å². The third-order valence-electron chi connectivity index (χ3n) is 4.37. The average molecular weight is 350 g/mol. The summed E-state index contributed by atoms with van der Waals surface area (Å²) in [6.07, 6.45) is 0. The number of carbonyl (C=O) groups is 2. The molecule has 0 radical (unpaired) electrons. The van der Waals surface area contributed by atoms with Gasteiger partial charge >= 0.3 is 0 Å². The van der Waals surface area contributed by atoms with Gasteiger partial charge in [-0.05, 0) is 32.8 Å². The summed E-state index contributed by atoms with van der Waals surface area (Å²) < 4.78 is 7.06. The largest absolute Gasteiger partial charge is 0.380 e. The van der Waals surface area contributed by atoms with Gasteiger partial charge in [-0.2, -0.15) is 5.10 Å². The van der Waals surface area contributed by atoms with Crippen LogP contribution >= 0.6 is 0 Å². The standard InChI is InChI=1S/C18H30N4O3/c1-6-25-10-9-22-16(11-14(4)19-22)18(24)21-8-7-20(12-13(2)3)17(23)15(21)5/h11,13,15H,6-10,12H2,1-5H3/t15-/m1/s1. The van der Waals surface area contributed by atoms with Crippen LogP contribution < -0.4 is 0 Å². The highest BCUT2D eigenvalue weighted by atomic mass is 16.5. The molecule has 0 aromatic carbocycles. The van der Waals surface area contributed by atoms with Crippen molar-refractivity contribution in [2.75, 3.05) is 32.8 Å². The van der Waals surface area contributed by atoms with E-state index in [2.05, 4.69) is 18.9 Å². The van der Waals surface area contributed by atoms with Gasteiger partial charge in [-0.25, -0.2) is 0 Å². The zero-order valence-corrected chi connectivity index (χ0v) is 16.0. The Morgan fingerprint density at radius 3 is 2.76 bits per heavy atom. The third-order valence-corrected chi connectivity index (χ3v) is 4.37. The minimum Gasteiger partial charge on any atom is -0.380 e. The molecule has 7 heteroatoms. The Labute approximate surface area is 149 Å². The van der Waals surface area contributed by atoms with E-state index in [9.17, 15) is 9.59 Å². The van der Waals surface area contributed by atoms with Crippen molar-refractivity contribution in [1.82, 2.24) is 19.6 Å². The van der Waals surface area contributed by atoms with Gasteiger partial charge in [0.2, 0.25) is 5.91 Å². The maximum absolute atomic E-state index is 13.0. The van der Waals surface area contributed by atoms with E-state index in [0.29, 0.717) is 44.5 Å². The number of rotatable bonds is 7. The summed E-state index contributed by atoms with van der Waals surface area (Å²) in [5.74, 6) is 0.300. The number of nitrogens with zero attached hydrogens (tertiary/aromatic N) is 4. The first-order valence-electron chi connectivity index (χ1n) is 9.07. The van der Waals surface area contributed by atoms with Gasteiger partial charge in [0, 0.05) is 26.2 Å². The Bertz CT molecular complexity index is 611. The second-order valence-corrected chi connectivity index (χ2v) is 6.94. The molecule has 0 saturated carbocycles. The first-order valence-corrected chi connectivity index (χ1v) is 9.07. The Balaban J connectivity index is 2.12. The van der Waals surface area contributed by atoms with E-state index in [-0.39, 0.29) is 11.8 Å². The van der Waals surface area contributed by atoms with E-state index in [1.165, 1.54) is 0 Å². The number of aromatic nitrogens is 2. The van der Waals surface area contributed by atoms with Crippen LogP contribution in [0.25, 0.3) is 0 Å². The minimum absolute atomic E-state index is 0.0189. The van der Waals surface area contributed by atoms with E-state index in [0.717, 1.165) is 12.2 Å². The zero-order chi connectivity index (χ0) is 18.6. The van der Waals surface area contributed by atoms with Gasteiger partial charge in [0.05, 0.1) is 18.8 Å². The first kappa shape index (κ1) is 19.4. The molecule has 0 N–H and O–H groups in total. The molecule has 0 bridgehead atoms. The van der Waals surface area contributed by atoms with Crippen LogP contribution in [0.3, 0.4) is 0 Å². The Morgan fingerprint density at radius 2 is 2.12 bits per heavy atom. The number of hydrogen-bond donors (Lipinski definition) is 0. The molecule has 1 fully saturated rings. The molecular weight excluding hydrogens is 320 g/mol. The summed E-state index contributed by atoms with van der Waals surface area (Å²) in [5.41, 5.74) is 1.31. The number of hydrogen-bond acceptors (Lipinski definition) is 4. The van der Waals surface area contributed by atoms with Gasteiger partial charge in [0.1, 0.15) is 11.7 Å². The lowest BCUT2D eigenvalue weighted by atomic mass is 10.1. The maximum atomic E-state index is 13.0. The van der Waals surface area contributed by atoms with Crippen molar-refractivity contribution in [2.45, 2.75) is 47.2 Å². The molecule has 0 aliphatic carbocycles. The maximum Gasteiger partial charge on any atom is 0.272 e. The molecule has 1 aromatic heterocycles. The third kappa shape index (κ3) is 4.60. The molecule has 1 aliphatic rings.